The normalized spacial score (nSPS) is 14.2. The van der Waals surface area contributed by atoms with Gasteiger partial charge in [0.1, 0.15) is 5.75 Å². The second-order valence-corrected chi connectivity index (χ2v) is 7.58. The average Bonchev–Trinajstić information content (AvgIpc) is 3.21. The van der Waals surface area contributed by atoms with E-state index in [0.29, 0.717) is 22.4 Å². The van der Waals surface area contributed by atoms with Crippen molar-refractivity contribution < 1.29 is 14.3 Å². The molecule has 1 saturated carbocycles. The lowest BCUT2D eigenvalue weighted by atomic mass is 10.1. The Morgan fingerprint density at radius 1 is 1.14 bits per heavy atom. The highest BCUT2D eigenvalue weighted by Crippen LogP contribution is 2.27. The number of benzene rings is 2. The van der Waals surface area contributed by atoms with Crippen LogP contribution in [0.3, 0.4) is 0 Å². The van der Waals surface area contributed by atoms with E-state index in [0.717, 1.165) is 29.7 Å². The van der Waals surface area contributed by atoms with Crippen LogP contribution in [0, 0.1) is 6.92 Å². The molecule has 0 radical (unpaired) electrons. The van der Waals surface area contributed by atoms with Crippen molar-refractivity contribution in [2.75, 3.05) is 12.4 Å². The zero-order valence-corrected chi connectivity index (χ0v) is 17.4. The number of hydrogen-bond donors (Lipinski definition) is 2. The van der Waals surface area contributed by atoms with Gasteiger partial charge in [-0.2, -0.15) is 0 Å². The zero-order chi connectivity index (χ0) is 20.8. The van der Waals surface area contributed by atoms with E-state index >= 15 is 0 Å². The second-order valence-electron chi connectivity index (χ2n) is 7.14. The third-order valence-electron chi connectivity index (χ3n) is 4.93. The fourth-order valence-corrected chi connectivity index (χ4v) is 3.57. The largest absolute Gasteiger partial charge is 0.490 e. The molecule has 29 heavy (non-hydrogen) atoms. The summed E-state index contributed by atoms with van der Waals surface area (Å²) in [4.78, 5) is 24.3. The molecule has 0 aromatic heterocycles. The summed E-state index contributed by atoms with van der Waals surface area (Å²) >= 11 is 6.00. The number of nitrogens with one attached hydrogen (secondary N) is 2. The Morgan fingerprint density at radius 2 is 1.90 bits per heavy atom. The summed E-state index contributed by atoms with van der Waals surface area (Å²) in [5, 5.41) is 5.70. The molecule has 2 aromatic rings. The van der Waals surface area contributed by atoms with Gasteiger partial charge in [-0.05, 0) is 80.1 Å². The molecule has 0 saturated heterocycles. The maximum Gasteiger partial charge on any atom is 0.253 e. The quantitative estimate of drug-likeness (QED) is 0.657. The van der Waals surface area contributed by atoms with E-state index in [2.05, 4.69) is 10.6 Å². The van der Waals surface area contributed by atoms with Crippen molar-refractivity contribution in [1.29, 1.82) is 0 Å². The number of halogens is 1. The number of amides is 2. The number of carbonyl (C=O) groups is 2. The molecule has 1 aliphatic rings. The second kappa shape index (κ2) is 9.61. The SMILES string of the molecule is CNC(=O)c1ccc(Cl)cc1NC(=O)/C=C/c1ccc(OC2CCCC2)c(C)c1. The van der Waals surface area contributed by atoms with Crippen molar-refractivity contribution in [3.05, 3.63) is 64.2 Å². The van der Waals surface area contributed by atoms with Crippen LogP contribution >= 0.6 is 11.6 Å². The smallest absolute Gasteiger partial charge is 0.253 e. The molecule has 0 atom stereocenters. The van der Waals surface area contributed by atoms with Gasteiger partial charge in [-0.1, -0.05) is 17.7 Å². The summed E-state index contributed by atoms with van der Waals surface area (Å²) in [6.07, 6.45) is 8.16. The van der Waals surface area contributed by atoms with E-state index in [1.165, 1.54) is 26.0 Å². The highest BCUT2D eigenvalue weighted by molar-refractivity contribution is 6.31. The van der Waals surface area contributed by atoms with Crippen LogP contribution < -0.4 is 15.4 Å². The van der Waals surface area contributed by atoms with Gasteiger partial charge in [-0.3, -0.25) is 9.59 Å². The molecular weight excluding hydrogens is 388 g/mol. The van der Waals surface area contributed by atoms with E-state index in [9.17, 15) is 9.59 Å². The van der Waals surface area contributed by atoms with Crippen LogP contribution in [0.5, 0.6) is 5.75 Å². The van der Waals surface area contributed by atoms with Crippen LogP contribution in [-0.4, -0.2) is 25.0 Å². The number of aryl methyl sites for hydroxylation is 1. The van der Waals surface area contributed by atoms with E-state index in [-0.39, 0.29) is 11.8 Å². The van der Waals surface area contributed by atoms with Crippen LogP contribution in [-0.2, 0) is 4.79 Å². The van der Waals surface area contributed by atoms with Crippen LogP contribution in [0.2, 0.25) is 5.02 Å². The summed E-state index contributed by atoms with van der Waals surface area (Å²) in [6, 6.07) is 10.6. The molecule has 0 bridgehead atoms. The van der Waals surface area contributed by atoms with Gasteiger partial charge in [0.2, 0.25) is 5.91 Å². The lowest BCUT2D eigenvalue weighted by Crippen LogP contribution is -2.20. The van der Waals surface area contributed by atoms with Crippen LogP contribution in [0.4, 0.5) is 5.69 Å². The minimum Gasteiger partial charge on any atom is -0.490 e. The Balaban J connectivity index is 1.67. The molecular formula is C23H25ClN2O3. The van der Waals surface area contributed by atoms with Crippen molar-refractivity contribution in [1.82, 2.24) is 5.32 Å². The molecule has 3 rings (SSSR count). The van der Waals surface area contributed by atoms with Gasteiger partial charge in [0, 0.05) is 18.1 Å². The summed E-state index contributed by atoms with van der Waals surface area (Å²) in [6.45, 7) is 2.00. The molecule has 0 aliphatic heterocycles. The average molecular weight is 413 g/mol. The fraction of sp³-hybridized carbons (Fsp3) is 0.304. The van der Waals surface area contributed by atoms with Crippen LogP contribution in [0.15, 0.2) is 42.5 Å². The lowest BCUT2D eigenvalue weighted by molar-refractivity contribution is -0.111. The molecule has 2 aromatic carbocycles. The molecule has 1 fully saturated rings. The first-order chi connectivity index (χ1) is 14.0. The Labute approximate surface area is 176 Å². The molecule has 0 heterocycles. The van der Waals surface area contributed by atoms with Crippen molar-refractivity contribution in [2.24, 2.45) is 0 Å². The predicted molar refractivity (Wildman–Crippen MR) is 117 cm³/mol. The first-order valence-electron chi connectivity index (χ1n) is 9.74. The fourth-order valence-electron chi connectivity index (χ4n) is 3.39. The Hall–Kier alpha value is -2.79. The van der Waals surface area contributed by atoms with E-state index in [4.69, 9.17) is 16.3 Å². The number of rotatable bonds is 6. The van der Waals surface area contributed by atoms with Crippen LogP contribution in [0.1, 0.15) is 47.2 Å². The molecule has 152 valence electrons. The minimum absolute atomic E-state index is 0.297. The molecule has 5 nitrogen and oxygen atoms in total. The summed E-state index contributed by atoms with van der Waals surface area (Å²) < 4.78 is 6.07. The Kier molecular flexibility index (Phi) is 6.94. The molecule has 2 N–H and O–H groups in total. The Bertz CT molecular complexity index is 934. The van der Waals surface area contributed by atoms with Crippen LogP contribution in [0.25, 0.3) is 6.08 Å². The third-order valence-corrected chi connectivity index (χ3v) is 5.17. The van der Waals surface area contributed by atoms with Gasteiger partial charge in [0.05, 0.1) is 17.4 Å². The molecule has 0 spiro atoms. The van der Waals surface area contributed by atoms with Crippen molar-refractivity contribution in [3.63, 3.8) is 0 Å². The first kappa shape index (κ1) is 20.9. The first-order valence-corrected chi connectivity index (χ1v) is 10.1. The minimum atomic E-state index is -0.346. The van der Waals surface area contributed by atoms with E-state index in [1.807, 2.05) is 25.1 Å². The monoisotopic (exact) mass is 412 g/mol. The maximum absolute atomic E-state index is 12.3. The van der Waals surface area contributed by atoms with Gasteiger partial charge < -0.3 is 15.4 Å². The molecule has 0 unspecified atom stereocenters. The van der Waals surface area contributed by atoms with Crippen molar-refractivity contribution in [2.45, 2.75) is 38.7 Å². The summed E-state index contributed by atoms with van der Waals surface area (Å²) in [5.41, 5.74) is 2.65. The van der Waals surface area contributed by atoms with Crippen molar-refractivity contribution in [3.8, 4) is 5.75 Å². The van der Waals surface area contributed by atoms with E-state index < -0.39 is 0 Å². The predicted octanol–water partition coefficient (Wildman–Crippen LogP) is 4.98. The zero-order valence-electron chi connectivity index (χ0n) is 16.6. The lowest BCUT2D eigenvalue weighted by Gasteiger charge is -2.15. The summed E-state index contributed by atoms with van der Waals surface area (Å²) in [5.74, 6) is 0.253. The molecule has 2 amide bonds. The van der Waals surface area contributed by atoms with Gasteiger partial charge in [-0.15, -0.1) is 0 Å². The number of hydrogen-bond acceptors (Lipinski definition) is 3. The summed E-state index contributed by atoms with van der Waals surface area (Å²) in [7, 11) is 1.53. The van der Waals surface area contributed by atoms with Gasteiger partial charge in [-0.25, -0.2) is 0 Å². The third kappa shape index (κ3) is 5.61. The highest BCUT2D eigenvalue weighted by atomic mass is 35.5. The molecule has 6 heteroatoms. The van der Waals surface area contributed by atoms with Gasteiger partial charge in [0.25, 0.3) is 5.91 Å². The Morgan fingerprint density at radius 3 is 2.59 bits per heavy atom. The maximum atomic E-state index is 12.3. The number of carbonyl (C=O) groups excluding carboxylic acids is 2. The molecule has 1 aliphatic carbocycles. The standard InChI is InChI=1S/C23H25ClN2O3/c1-15-13-16(7-11-21(15)29-18-5-3-4-6-18)8-12-22(27)26-20-14-17(24)9-10-19(20)23(28)25-2/h7-14,18H,3-6H2,1-2H3,(H,25,28)(H,26,27)/b12-8+. The van der Waals surface area contributed by atoms with Crippen molar-refractivity contribution >= 4 is 35.2 Å². The number of ether oxygens (including phenoxy) is 1. The van der Waals surface area contributed by atoms with Gasteiger partial charge in [0.15, 0.2) is 0 Å². The highest BCUT2D eigenvalue weighted by Gasteiger charge is 2.17. The topological polar surface area (TPSA) is 67.4 Å². The van der Waals surface area contributed by atoms with Gasteiger partial charge >= 0.3 is 0 Å². The van der Waals surface area contributed by atoms with E-state index in [1.54, 1.807) is 24.3 Å². The number of anilines is 1.